The third-order valence-electron chi connectivity index (χ3n) is 2.91. The first-order valence-corrected chi connectivity index (χ1v) is 6.52. The van der Waals surface area contributed by atoms with E-state index in [0.717, 1.165) is 18.1 Å². The summed E-state index contributed by atoms with van der Waals surface area (Å²) in [6, 6.07) is 8.84. The largest absolute Gasteiger partial charge is 0.312 e. The summed E-state index contributed by atoms with van der Waals surface area (Å²) in [7, 11) is 0. The minimum Gasteiger partial charge on any atom is -0.312 e. The van der Waals surface area contributed by atoms with E-state index in [1.165, 1.54) is 0 Å². The Hall–Kier alpha value is -1.52. The number of nitrogens with one attached hydrogen (secondary N) is 1. The molecule has 0 aliphatic rings. The molecule has 2 aromatic rings. The quantitative estimate of drug-likeness (QED) is 0.648. The highest BCUT2D eigenvalue weighted by atomic mass is 35.5. The van der Waals surface area contributed by atoms with E-state index in [1.807, 2.05) is 12.1 Å². The predicted molar refractivity (Wildman–Crippen MR) is 73.2 cm³/mol. The van der Waals surface area contributed by atoms with Crippen LogP contribution in [0.25, 0.3) is 0 Å². The maximum Gasteiger partial charge on any atom is 0.161 e. The highest BCUT2D eigenvalue weighted by molar-refractivity contribution is 6.30. The van der Waals surface area contributed by atoms with Gasteiger partial charge in [0.2, 0.25) is 0 Å². The van der Waals surface area contributed by atoms with Gasteiger partial charge in [-0.1, -0.05) is 23.7 Å². The number of hydrogen-bond acceptors (Lipinski definition) is 1. The van der Waals surface area contributed by atoms with Gasteiger partial charge in [0.1, 0.15) is 5.82 Å². The first-order valence-electron chi connectivity index (χ1n) is 6.15. The molecular weight excluding hydrogens is 287 g/mol. The summed E-state index contributed by atoms with van der Waals surface area (Å²) in [6.07, 6.45) is 0.739. The lowest BCUT2D eigenvalue weighted by Gasteiger charge is -2.07. The van der Waals surface area contributed by atoms with Gasteiger partial charge < -0.3 is 5.32 Å². The Morgan fingerprint density at radius 2 is 1.55 bits per heavy atom. The maximum absolute atomic E-state index is 13.4. The zero-order chi connectivity index (χ0) is 14.5. The summed E-state index contributed by atoms with van der Waals surface area (Å²) >= 11 is 5.77. The van der Waals surface area contributed by atoms with Crippen molar-refractivity contribution in [2.45, 2.75) is 13.0 Å². The van der Waals surface area contributed by atoms with Crippen molar-refractivity contribution >= 4 is 11.6 Å². The van der Waals surface area contributed by atoms with Gasteiger partial charge in [0.15, 0.2) is 11.6 Å². The van der Waals surface area contributed by atoms with Gasteiger partial charge in [0, 0.05) is 23.2 Å². The molecule has 2 rings (SSSR count). The Balaban J connectivity index is 1.84. The highest BCUT2D eigenvalue weighted by Gasteiger charge is 2.09. The molecule has 20 heavy (non-hydrogen) atoms. The van der Waals surface area contributed by atoms with Crippen molar-refractivity contribution in [2.24, 2.45) is 0 Å². The summed E-state index contributed by atoms with van der Waals surface area (Å²) in [4.78, 5) is 0. The first-order chi connectivity index (χ1) is 9.56. The maximum atomic E-state index is 13.4. The second kappa shape index (κ2) is 6.77. The third-order valence-corrected chi connectivity index (χ3v) is 3.16. The van der Waals surface area contributed by atoms with Gasteiger partial charge in [-0.15, -0.1) is 0 Å². The number of rotatable bonds is 5. The van der Waals surface area contributed by atoms with Gasteiger partial charge in [-0.05, 0) is 36.7 Å². The van der Waals surface area contributed by atoms with E-state index in [-0.39, 0.29) is 12.1 Å². The lowest BCUT2D eigenvalue weighted by Crippen LogP contribution is -2.17. The van der Waals surface area contributed by atoms with E-state index >= 15 is 0 Å². The Labute approximate surface area is 120 Å². The summed E-state index contributed by atoms with van der Waals surface area (Å²) in [6.45, 7) is 0.747. The summed E-state index contributed by atoms with van der Waals surface area (Å²) in [5.74, 6) is -2.96. The summed E-state index contributed by atoms with van der Waals surface area (Å²) in [5, 5.41) is 3.66. The van der Waals surface area contributed by atoms with Crippen LogP contribution in [0.4, 0.5) is 13.2 Å². The van der Waals surface area contributed by atoms with Crippen LogP contribution in [0.2, 0.25) is 5.02 Å². The summed E-state index contributed by atoms with van der Waals surface area (Å²) < 4.78 is 39.1. The molecule has 1 N–H and O–H groups in total. The molecule has 0 aliphatic heterocycles. The van der Waals surface area contributed by atoms with Crippen LogP contribution in [-0.2, 0) is 13.0 Å². The Bertz CT molecular complexity index is 584. The molecule has 0 unspecified atom stereocenters. The second-order valence-electron chi connectivity index (χ2n) is 4.41. The molecule has 1 nitrogen and oxygen atoms in total. The van der Waals surface area contributed by atoms with E-state index in [9.17, 15) is 13.2 Å². The van der Waals surface area contributed by atoms with Crippen molar-refractivity contribution in [3.8, 4) is 0 Å². The highest BCUT2D eigenvalue weighted by Crippen LogP contribution is 2.13. The standard InChI is InChI=1S/C15H13ClF3N/c16-12-3-1-10(2-4-12)5-6-20-9-11-7-14(18)15(19)8-13(11)17/h1-4,7-8,20H,5-6,9H2. The fraction of sp³-hybridized carbons (Fsp3) is 0.200. The van der Waals surface area contributed by atoms with Crippen LogP contribution in [0.1, 0.15) is 11.1 Å². The fourth-order valence-electron chi connectivity index (χ4n) is 1.81. The van der Waals surface area contributed by atoms with Crippen LogP contribution < -0.4 is 5.32 Å². The molecule has 0 amide bonds. The normalized spacial score (nSPS) is 10.8. The van der Waals surface area contributed by atoms with Crippen molar-refractivity contribution in [3.63, 3.8) is 0 Å². The zero-order valence-electron chi connectivity index (χ0n) is 10.6. The molecule has 5 heteroatoms. The summed E-state index contributed by atoms with van der Waals surface area (Å²) in [5.41, 5.74) is 1.20. The molecule has 106 valence electrons. The molecule has 2 aromatic carbocycles. The van der Waals surface area contributed by atoms with Gasteiger partial charge in [-0.3, -0.25) is 0 Å². The second-order valence-corrected chi connectivity index (χ2v) is 4.85. The van der Waals surface area contributed by atoms with Crippen LogP contribution >= 0.6 is 11.6 Å². The van der Waals surface area contributed by atoms with Gasteiger partial charge in [-0.2, -0.15) is 0 Å². The van der Waals surface area contributed by atoms with Gasteiger partial charge in [0.25, 0.3) is 0 Å². The molecule has 0 aliphatic carbocycles. The van der Waals surface area contributed by atoms with Crippen molar-refractivity contribution in [2.75, 3.05) is 6.54 Å². The van der Waals surface area contributed by atoms with E-state index in [2.05, 4.69) is 5.32 Å². The van der Waals surface area contributed by atoms with Crippen LogP contribution in [0, 0.1) is 17.5 Å². The minimum absolute atomic E-state index is 0.111. The Morgan fingerprint density at radius 1 is 0.900 bits per heavy atom. The topological polar surface area (TPSA) is 12.0 Å². The van der Waals surface area contributed by atoms with Crippen molar-refractivity contribution < 1.29 is 13.2 Å². The molecule has 0 saturated heterocycles. The SMILES string of the molecule is Fc1cc(F)c(CNCCc2ccc(Cl)cc2)cc1F. The number of halogens is 4. The van der Waals surface area contributed by atoms with Crippen molar-refractivity contribution in [1.29, 1.82) is 0 Å². The van der Waals surface area contributed by atoms with E-state index < -0.39 is 17.5 Å². The molecule has 0 saturated carbocycles. The first kappa shape index (κ1) is 14.9. The predicted octanol–water partition coefficient (Wildman–Crippen LogP) is 4.09. The molecule has 0 bridgehead atoms. The van der Waals surface area contributed by atoms with Gasteiger partial charge in [0.05, 0.1) is 0 Å². The third kappa shape index (κ3) is 3.99. The van der Waals surface area contributed by atoms with E-state index in [0.29, 0.717) is 17.6 Å². The molecule has 0 fully saturated rings. The lowest BCUT2D eigenvalue weighted by atomic mass is 10.1. The average Bonchev–Trinajstić information content (AvgIpc) is 2.42. The molecule has 0 heterocycles. The van der Waals surface area contributed by atoms with Gasteiger partial charge in [-0.25, -0.2) is 13.2 Å². The molecule has 0 aromatic heterocycles. The fourth-order valence-corrected chi connectivity index (χ4v) is 1.93. The van der Waals surface area contributed by atoms with Crippen LogP contribution in [0.15, 0.2) is 36.4 Å². The smallest absolute Gasteiger partial charge is 0.161 e. The Kier molecular flexibility index (Phi) is 5.04. The van der Waals surface area contributed by atoms with E-state index in [4.69, 9.17) is 11.6 Å². The number of benzene rings is 2. The molecule has 0 spiro atoms. The molecule has 0 radical (unpaired) electrons. The van der Waals surface area contributed by atoms with Crippen LogP contribution in [-0.4, -0.2) is 6.54 Å². The average molecular weight is 300 g/mol. The van der Waals surface area contributed by atoms with Gasteiger partial charge >= 0.3 is 0 Å². The molecule has 0 atom stereocenters. The minimum atomic E-state index is -1.17. The van der Waals surface area contributed by atoms with Crippen molar-refractivity contribution in [3.05, 3.63) is 70.0 Å². The number of hydrogen-bond donors (Lipinski definition) is 1. The van der Waals surface area contributed by atoms with Crippen LogP contribution in [0.5, 0.6) is 0 Å². The monoisotopic (exact) mass is 299 g/mol. The lowest BCUT2D eigenvalue weighted by molar-refractivity contribution is 0.487. The van der Waals surface area contributed by atoms with E-state index in [1.54, 1.807) is 12.1 Å². The van der Waals surface area contributed by atoms with Crippen molar-refractivity contribution in [1.82, 2.24) is 5.32 Å². The molecular formula is C15H13ClF3N. The zero-order valence-corrected chi connectivity index (χ0v) is 11.4. The van der Waals surface area contributed by atoms with Crippen LogP contribution in [0.3, 0.4) is 0 Å². The Morgan fingerprint density at radius 3 is 2.25 bits per heavy atom.